The summed E-state index contributed by atoms with van der Waals surface area (Å²) in [6.45, 7) is 18.9. The Morgan fingerprint density at radius 2 is 1.65 bits per heavy atom. The van der Waals surface area contributed by atoms with E-state index in [4.69, 9.17) is 4.43 Å². The highest BCUT2D eigenvalue weighted by molar-refractivity contribution is 6.77. The van der Waals surface area contributed by atoms with Crippen LogP contribution in [0, 0.1) is 0 Å². The molecule has 0 radical (unpaired) electrons. The SMILES string of the molecule is CC(C)[Si](OC[C@@H]1CN(c2cc(N(C)Cc3ccccc3)ncn2)[C@H](C)N1C)(C(C)C)C(C)C. The van der Waals surface area contributed by atoms with Crippen molar-refractivity contribution in [3.05, 3.63) is 48.3 Å². The smallest absolute Gasteiger partial charge is 0.200 e. The van der Waals surface area contributed by atoms with Crippen molar-refractivity contribution in [3.63, 3.8) is 0 Å². The zero-order chi connectivity index (χ0) is 25.0. The second kappa shape index (κ2) is 11.2. The van der Waals surface area contributed by atoms with E-state index in [2.05, 4.69) is 118 Å². The van der Waals surface area contributed by atoms with Gasteiger partial charge in [-0.05, 0) is 36.2 Å². The molecule has 0 unspecified atom stereocenters. The molecule has 0 saturated carbocycles. The first-order valence-electron chi connectivity index (χ1n) is 12.8. The number of hydrogen-bond acceptors (Lipinski definition) is 6. The molecule has 0 aliphatic carbocycles. The molecule has 34 heavy (non-hydrogen) atoms. The van der Waals surface area contributed by atoms with Gasteiger partial charge in [-0.1, -0.05) is 71.9 Å². The van der Waals surface area contributed by atoms with E-state index in [-0.39, 0.29) is 6.17 Å². The maximum absolute atomic E-state index is 6.96. The fourth-order valence-electron chi connectivity index (χ4n) is 5.87. The summed E-state index contributed by atoms with van der Waals surface area (Å²) in [5.74, 6) is 1.92. The molecule has 2 aromatic rings. The Balaban J connectivity index is 1.73. The Morgan fingerprint density at radius 3 is 2.24 bits per heavy atom. The molecule has 2 heterocycles. The lowest BCUT2D eigenvalue weighted by atomic mass is 10.2. The quantitative estimate of drug-likeness (QED) is 0.400. The summed E-state index contributed by atoms with van der Waals surface area (Å²) in [5.41, 5.74) is 3.05. The lowest BCUT2D eigenvalue weighted by Gasteiger charge is -2.43. The van der Waals surface area contributed by atoms with Gasteiger partial charge in [0.15, 0.2) is 8.32 Å². The summed E-state index contributed by atoms with van der Waals surface area (Å²) in [6.07, 6.45) is 1.95. The van der Waals surface area contributed by atoms with Gasteiger partial charge in [-0.15, -0.1) is 0 Å². The average Bonchev–Trinajstić information content (AvgIpc) is 3.08. The third-order valence-electron chi connectivity index (χ3n) is 7.84. The molecule has 6 nitrogen and oxygen atoms in total. The van der Waals surface area contributed by atoms with Crippen LogP contribution in [0.3, 0.4) is 0 Å². The Hall–Kier alpha value is -1.96. The van der Waals surface area contributed by atoms with Crippen LogP contribution in [0.1, 0.15) is 54.0 Å². The number of hydrogen-bond donors (Lipinski definition) is 0. The van der Waals surface area contributed by atoms with Gasteiger partial charge in [-0.25, -0.2) is 9.97 Å². The van der Waals surface area contributed by atoms with Crippen LogP contribution < -0.4 is 9.80 Å². The van der Waals surface area contributed by atoms with E-state index in [9.17, 15) is 0 Å². The minimum Gasteiger partial charge on any atom is -0.414 e. The van der Waals surface area contributed by atoms with Crippen molar-refractivity contribution in [2.45, 2.75) is 83.8 Å². The topological polar surface area (TPSA) is 44.7 Å². The normalized spacial score (nSPS) is 19.6. The highest BCUT2D eigenvalue weighted by Crippen LogP contribution is 2.42. The van der Waals surface area contributed by atoms with E-state index in [1.54, 1.807) is 6.33 Å². The lowest BCUT2D eigenvalue weighted by Crippen LogP contribution is -2.50. The minimum atomic E-state index is -1.89. The largest absolute Gasteiger partial charge is 0.414 e. The molecule has 7 heteroatoms. The van der Waals surface area contributed by atoms with Crippen molar-refractivity contribution in [3.8, 4) is 0 Å². The van der Waals surface area contributed by atoms with E-state index in [1.807, 2.05) is 6.07 Å². The molecule has 188 valence electrons. The highest BCUT2D eigenvalue weighted by Gasteiger charge is 2.46. The number of benzene rings is 1. The molecule has 1 aromatic heterocycles. The van der Waals surface area contributed by atoms with Gasteiger partial charge in [0.25, 0.3) is 0 Å². The second-order valence-corrected chi connectivity index (χ2v) is 16.3. The molecule has 1 aliphatic heterocycles. The zero-order valence-corrected chi connectivity index (χ0v) is 23.7. The number of rotatable bonds is 10. The summed E-state index contributed by atoms with van der Waals surface area (Å²) in [5, 5.41) is 0. The first-order chi connectivity index (χ1) is 16.1. The van der Waals surface area contributed by atoms with Crippen molar-refractivity contribution >= 4 is 20.0 Å². The van der Waals surface area contributed by atoms with E-state index >= 15 is 0 Å². The van der Waals surface area contributed by atoms with Gasteiger partial charge in [-0.2, -0.15) is 0 Å². The Morgan fingerprint density at radius 1 is 1.03 bits per heavy atom. The summed E-state index contributed by atoms with van der Waals surface area (Å²) < 4.78 is 6.96. The van der Waals surface area contributed by atoms with Crippen LogP contribution >= 0.6 is 0 Å². The summed E-state index contributed by atoms with van der Waals surface area (Å²) in [4.78, 5) is 16.2. The van der Waals surface area contributed by atoms with Crippen LogP contribution in [0.2, 0.25) is 16.6 Å². The first kappa shape index (κ1) is 26.6. The van der Waals surface area contributed by atoms with E-state index in [1.165, 1.54) is 5.56 Å². The predicted molar refractivity (Wildman–Crippen MR) is 146 cm³/mol. The van der Waals surface area contributed by atoms with Crippen LogP contribution in [0.4, 0.5) is 11.6 Å². The molecule has 2 atom stereocenters. The molecule has 3 rings (SSSR count). The van der Waals surface area contributed by atoms with Crippen LogP contribution in [0.5, 0.6) is 0 Å². The molecular formula is C27H45N5OSi. The summed E-state index contributed by atoms with van der Waals surface area (Å²) in [7, 11) is 2.41. The monoisotopic (exact) mass is 483 g/mol. The molecule has 0 bridgehead atoms. The van der Waals surface area contributed by atoms with E-state index in [0.717, 1.165) is 31.3 Å². The standard InChI is InChI=1S/C27H45N5OSi/c1-20(2)34(21(3)4,22(5)6)33-18-25-17-32(23(7)31(25)9)27-15-26(28-19-29-27)30(8)16-24-13-11-10-12-14-24/h10-15,19-23,25H,16-18H2,1-9H3/t23-,25+/m1/s1. The summed E-state index contributed by atoms with van der Waals surface area (Å²) in [6, 6.07) is 13.0. The van der Waals surface area contributed by atoms with Crippen LogP contribution in [-0.4, -0.2) is 62.6 Å². The molecule has 1 saturated heterocycles. The number of likely N-dealkylation sites (N-methyl/N-ethyl adjacent to an activating group) is 1. The summed E-state index contributed by atoms with van der Waals surface area (Å²) >= 11 is 0. The number of anilines is 2. The molecule has 0 N–H and O–H groups in total. The Bertz CT molecular complexity index is 885. The van der Waals surface area contributed by atoms with Gasteiger partial charge in [0.05, 0.1) is 18.8 Å². The minimum absolute atomic E-state index is 0.254. The second-order valence-electron chi connectivity index (χ2n) is 10.8. The maximum atomic E-state index is 6.96. The van der Waals surface area contributed by atoms with Crippen LogP contribution in [-0.2, 0) is 11.0 Å². The number of aromatic nitrogens is 2. The third-order valence-corrected chi connectivity index (χ3v) is 13.9. The highest BCUT2D eigenvalue weighted by atomic mass is 28.4. The Kier molecular flexibility index (Phi) is 8.76. The predicted octanol–water partition coefficient (Wildman–Crippen LogP) is 5.77. The van der Waals surface area contributed by atoms with Gasteiger partial charge in [0.2, 0.25) is 0 Å². The van der Waals surface area contributed by atoms with Crippen molar-refractivity contribution in [2.24, 2.45) is 0 Å². The fourth-order valence-corrected chi connectivity index (χ4v) is 11.4. The molecular weight excluding hydrogens is 438 g/mol. The molecule has 0 amide bonds. The first-order valence-corrected chi connectivity index (χ1v) is 14.9. The van der Waals surface area contributed by atoms with Crippen LogP contribution in [0.15, 0.2) is 42.7 Å². The molecule has 1 aliphatic rings. The van der Waals surface area contributed by atoms with Crippen molar-refractivity contribution < 1.29 is 4.43 Å². The Labute approximate surface area is 208 Å². The van der Waals surface area contributed by atoms with Crippen molar-refractivity contribution in [1.82, 2.24) is 14.9 Å². The average molecular weight is 484 g/mol. The van der Waals surface area contributed by atoms with Gasteiger partial charge >= 0.3 is 0 Å². The molecule has 0 spiro atoms. The third kappa shape index (κ3) is 5.47. The van der Waals surface area contributed by atoms with Crippen LogP contribution in [0.25, 0.3) is 0 Å². The van der Waals surface area contributed by atoms with E-state index < -0.39 is 8.32 Å². The fraction of sp³-hybridized carbons (Fsp3) is 0.630. The molecule has 1 aromatic carbocycles. The van der Waals surface area contributed by atoms with Gasteiger partial charge in [0, 0.05) is 26.2 Å². The van der Waals surface area contributed by atoms with Gasteiger partial charge in [-0.3, -0.25) is 4.90 Å². The maximum Gasteiger partial charge on any atom is 0.200 e. The van der Waals surface area contributed by atoms with Crippen molar-refractivity contribution in [2.75, 3.05) is 37.0 Å². The zero-order valence-electron chi connectivity index (χ0n) is 22.7. The van der Waals surface area contributed by atoms with Gasteiger partial charge < -0.3 is 14.2 Å². The van der Waals surface area contributed by atoms with Crippen molar-refractivity contribution in [1.29, 1.82) is 0 Å². The number of nitrogens with zero attached hydrogens (tertiary/aromatic N) is 5. The van der Waals surface area contributed by atoms with Gasteiger partial charge in [0.1, 0.15) is 18.0 Å². The van der Waals surface area contributed by atoms with E-state index in [0.29, 0.717) is 22.7 Å². The lowest BCUT2D eigenvalue weighted by molar-refractivity contribution is 0.165. The molecule has 1 fully saturated rings.